The SMILES string of the molecule is CCOc1c(/C(C)=C/C(=O)Nc2cccc(F)c2)cc2c(-c3ccc(Cl)cc3)coc2c1C. The van der Waals surface area contributed by atoms with Crippen LogP contribution in [0, 0.1) is 12.7 Å². The van der Waals surface area contributed by atoms with Gasteiger partial charge in [-0.15, -0.1) is 0 Å². The van der Waals surface area contributed by atoms with Gasteiger partial charge in [0.2, 0.25) is 5.91 Å². The maximum absolute atomic E-state index is 13.4. The predicted molar refractivity (Wildman–Crippen MR) is 131 cm³/mol. The zero-order chi connectivity index (χ0) is 23.5. The molecule has 0 bridgehead atoms. The maximum Gasteiger partial charge on any atom is 0.248 e. The number of hydrogen-bond acceptors (Lipinski definition) is 3. The number of benzene rings is 3. The number of anilines is 1. The van der Waals surface area contributed by atoms with Gasteiger partial charge in [-0.25, -0.2) is 4.39 Å². The first-order chi connectivity index (χ1) is 15.9. The van der Waals surface area contributed by atoms with Gasteiger partial charge in [0.1, 0.15) is 17.1 Å². The topological polar surface area (TPSA) is 51.5 Å². The van der Waals surface area contributed by atoms with Gasteiger partial charge in [0.05, 0.1) is 12.9 Å². The molecule has 0 unspecified atom stereocenters. The van der Waals surface area contributed by atoms with Crippen molar-refractivity contribution < 1.29 is 18.3 Å². The number of hydrogen-bond donors (Lipinski definition) is 1. The van der Waals surface area contributed by atoms with Crippen LogP contribution >= 0.6 is 11.6 Å². The first kappa shape index (κ1) is 22.6. The fraction of sp³-hybridized carbons (Fsp3) is 0.148. The van der Waals surface area contributed by atoms with Crippen LogP contribution in [0.25, 0.3) is 27.7 Å². The first-order valence-electron chi connectivity index (χ1n) is 10.6. The van der Waals surface area contributed by atoms with Crippen molar-refractivity contribution >= 4 is 39.7 Å². The molecule has 1 aromatic heterocycles. The van der Waals surface area contributed by atoms with E-state index >= 15 is 0 Å². The highest BCUT2D eigenvalue weighted by atomic mass is 35.5. The van der Waals surface area contributed by atoms with E-state index in [0.717, 1.165) is 33.2 Å². The molecule has 33 heavy (non-hydrogen) atoms. The second kappa shape index (κ2) is 9.51. The molecule has 0 aliphatic heterocycles. The monoisotopic (exact) mass is 463 g/mol. The van der Waals surface area contributed by atoms with E-state index < -0.39 is 5.82 Å². The lowest BCUT2D eigenvalue weighted by atomic mass is 9.96. The summed E-state index contributed by atoms with van der Waals surface area (Å²) in [5.41, 5.74) is 5.35. The van der Waals surface area contributed by atoms with Crippen molar-refractivity contribution in [2.45, 2.75) is 20.8 Å². The van der Waals surface area contributed by atoms with E-state index in [1.165, 1.54) is 18.2 Å². The zero-order valence-corrected chi connectivity index (χ0v) is 19.3. The van der Waals surface area contributed by atoms with Crippen molar-refractivity contribution in [3.05, 3.63) is 88.9 Å². The number of carbonyl (C=O) groups is 1. The summed E-state index contributed by atoms with van der Waals surface area (Å²) in [5.74, 6) is -0.111. The van der Waals surface area contributed by atoms with Crippen LogP contribution in [0.4, 0.5) is 10.1 Å². The third kappa shape index (κ3) is 4.78. The van der Waals surface area contributed by atoms with Crippen molar-refractivity contribution in [3.8, 4) is 16.9 Å². The van der Waals surface area contributed by atoms with E-state index in [4.69, 9.17) is 20.8 Å². The minimum absolute atomic E-state index is 0.358. The van der Waals surface area contributed by atoms with Crippen LogP contribution in [0.1, 0.15) is 25.0 Å². The minimum Gasteiger partial charge on any atom is -0.493 e. The Morgan fingerprint density at radius 1 is 1.18 bits per heavy atom. The van der Waals surface area contributed by atoms with Gasteiger partial charge in [0.25, 0.3) is 0 Å². The summed E-state index contributed by atoms with van der Waals surface area (Å²) in [6.45, 7) is 6.15. The molecule has 4 nitrogen and oxygen atoms in total. The molecule has 1 heterocycles. The lowest BCUT2D eigenvalue weighted by molar-refractivity contribution is -0.111. The molecule has 0 aliphatic rings. The van der Waals surface area contributed by atoms with E-state index in [1.807, 2.05) is 51.1 Å². The third-order valence-corrected chi connectivity index (χ3v) is 5.60. The summed E-state index contributed by atoms with van der Waals surface area (Å²) >= 11 is 6.05. The van der Waals surface area contributed by atoms with Crippen LogP contribution in [-0.4, -0.2) is 12.5 Å². The summed E-state index contributed by atoms with van der Waals surface area (Å²) in [6, 6.07) is 15.3. The molecule has 1 N–H and O–H groups in total. The Balaban J connectivity index is 1.78. The Hall–Kier alpha value is -3.57. The van der Waals surface area contributed by atoms with Crippen LogP contribution in [-0.2, 0) is 4.79 Å². The van der Waals surface area contributed by atoms with Crippen molar-refractivity contribution in [1.82, 2.24) is 0 Å². The van der Waals surface area contributed by atoms with Crippen LogP contribution in [0.15, 0.2) is 71.4 Å². The van der Waals surface area contributed by atoms with Crippen LogP contribution in [0.2, 0.25) is 5.02 Å². The van der Waals surface area contributed by atoms with E-state index in [2.05, 4.69) is 5.32 Å². The molecule has 1 amide bonds. The molecule has 4 rings (SSSR count). The molecule has 0 fully saturated rings. The number of rotatable bonds is 6. The second-order valence-electron chi connectivity index (χ2n) is 7.67. The lowest BCUT2D eigenvalue weighted by Gasteiger charge is -2.15. The fourth-order valence-electron chi connectivity index (χ4n) is 3.81. The van der Waals surface area contributed by atoms with Gasteiger partial charge in [0, 0.05) is 38.9 Å². The minimum atomic E-state index is -0.414. The van der Waals surface area contributed by atoms with Crippen molar-refractivity contribution in [2.24, 2.45) is 0 Å². The summed E-state index contributed by atoms with van der Waals surface area (Å²) in [5, 5.41) is 4.26. The number of carbonyl (C=O) groups excluding carboxylic acids is 1. The van der Waals surface area contributed by atoms with Crippen molar-refractivity contribution in [3.63, 3.8) is 0 Å². The van der Waals surface area contributed by atoms with E-state index in [1.54, 1.807) is 18.4 Å². The Morgan fingerprint density at radius 3 is 2.64 bits per heavy atom. The lowest BCUT2D eigenvalue weighted by Crippen LogP contribution is -2.09. The quantitative estimate of drug-likeness (QED) is 0.299. The second-order valence-corrected chi connectivity index (χ2v) is 8.11. The summed E-state index contributed by atoms with van der Waals surface area (Å²) in [4.78, 5) is 12.6. The van der Waals surface area contributed by atoms with Crippen molar-refractivity contribution in [2.75, 3.05) is 11.9 Å². The zero-order valence-electron chi connectivity index (χ0n) is 18.5. The Morgan fingerprint density at radius 2 is 1.94 bits per heavy atom. The standard InChI is InChI=1S/C27H23ClFNO3/c1-4-32-26-17(3)27-23(24(15-33-27)18-8-10-19(28)11-9-18)14-22(26)16(2)12-25(31)30-21-7-5-6-20(29)13-21/h5-15H,4H2,1-3H3,(H,30,31)/b16-12+. The number of amides is 1. The molecular weight excluding hydrogens is 441 g/mol. The highest BCUT2D eigenvalue weighted by Gasteiger charge is 2.19. The van der Waals surface area contributed by atoms with Gasteiger partial charge in [-0.2, -0.15) is 0 Å². The molecule has 0 aliphatic carbocycles. The van der Waals surface area contributed by atoms with Crippen molar-refractivity contribution in [1.29, 1.82) is 0 Å². The Kier molecular flexibility index (Phi) is 6.52. The van der Waals surface area contributed by atoms with Gasteiger partial charge in [-0.3, -0.25) is 4.79 Å². The van der Waals surface area contributed by atoms with Crippen LogP contribution in [0.3, 0.4) is 0 Å². The van der Waals surface area contributed by atoms with E-state index in [0.29, 0.717) is 28.6 Å². The molecule has 168 valence electrons. The highest BCUT2D eigenvalue weighted by Crippen LogP contribution is 2.41. The molecule has 0 saturated carbocycles. The third-order valence-electron chi connectivity index (χ3n) is 5.35. The Bertz CT molecular complexity index is 1360. The number of allylic oxidation sites excluding steroid dienone is 1. The summed E-state index contributed by atoms with van der Waals surface area (Å²) in [6.07, 6.45) is 3.20. The number of ether oxygens (including phenoxy) is 1. The smallest absolute Gasteiger partial charge is 0.248 e. The van der Waals surface area contributed by atoms with Gasteiger partial charge in [-0.05, 0) is 68.3 Å². The van der Waals surface area contributed by atoms with E-state index in [9.17, 15) is 9.18 Å². The van der Waals surface area contributed by atoms with Crippen LogP contribution in [0.5, 0.6) is 5.75 Å². The normalized spacial score (nSPS) is 11.6. The number of fused-ring (bicyclic) bond motifs is 1. The van der Waals surface area contributed by atoms with Crippen LogP contribution < -0.4 is 10.1 Å². The average molecular weight is 464 g/mol. The first-order valence-corrected chi connectivity index (χ1v) is 10.9. The number of nitrogens with one attached hydrogen (secondary N) is 1. The molecule has 0 saturated heterocycles. The summed E-state index contributed by atoms with van der Waals surface area (Å²) < 4.78 is 25.3. The number of furan rings is 1. The molecule has 4 aromatic rings. The van der Waals surface area contributed by atoms with Gasteiger partial charge in [-0.1, -0.05) is 29.8 Å². The highest BCUT2D eigenvalue weighted by molar-refractivity contribution is 6.30. The fourth-order valence-corrected chi connectivity index (χ4v) is 3.94. The molecule has 3 aromatic carbocycles. The predicted octanol–water partition coefficient (Wildman–Crippen LogP) is 7.64. The maximum atomic E-state index is 13.4. The summed E-state index contributed by atoms with van der Waals surface area (Å²) in [7, 11) is 0. The number of aryl methyl sites for hydroxylation is 1. The Labute approximate surface area is 196 Å². The average Bonchev–Trinajstić information content (AvgIpc) is 3.20. The molecule has 0 atom stereocenters. The molecule has 0 spiro atoms. The number of halogens is 2. The molecule has 6 heteroatoms. The molecule has 0 radical (unpaired) electrons. The van der Waals surface area contributed by atoms with E-state index in [-0.39, 0.29) is 5.91 Å². The molecular formula is C27H23ClFNO3. The van der Waals surface area contributed by atoms with Gasteiger partial charge in [0.15, 0.2) is 0 Å². The van der Waals surface area contributed by atoms with Gasteiger partial charge < -0.3 is 14.5 Å². The van der Waals surface area contributed by atoms with Gasteiger partial charge >= 0.3 is 0 Å². The largest absolute Gasteiger partial charge is 0.493 e.